The van der Waals surface area contributed by atoms with E-state index in [2.05, 4.69) is 10.6 Å². The summed E-state index contributed by atoms with van der Waals surface area (Å²) >= 11 is 19.3. The topological polar surface area (TPSA) is 58.2 Å². The molecule has 3 unspecified atom stereocenters. The quantitative estimate of drug-likeness (QED) is 0.411. The molecule has 1 saturated carbocycles. The Kier molecular flexibility index (Phi) is 7.48. The van der Waals surface area contributed by atoms with Crippen LogP contribution in [0.1, 0.15) is 66.6 Å². The number of benzene rings is 2. The zero-order valence-corrected chi connectivity index (χ0v) is 21.3. The lowest BCUT2D eigenvalue weighted by molar-refractivity contribution is -0.117. The number of carbonyl (C=O) groups excluding carboxylic acids is 2. The lowest BCUT2D eigenvalue weighted by Crippen LogP contribution is -2.34. The Balaban J connectivity index is 1.78. The molecule has 0 heterocycles. The summed E-state index contributed by atoms with van der Waals surface area (Å²) in [6.45, 7) is 9.86. The molecule has 1 aliphatic carbocycles. The molecule has 1 aliphatic rings. The summed E-state index contributed by atoms with van der Waals surface area (Å²) in [4.78, 5) is 25.0. The summed E-state index contributed by atoms with van der Waals surface area (Å²) in [5.41, 5.74) is 3.88. The van der Waals surface area contributed by atoms with Crippen molar-refractivity contribution in [2.45, 2.75) is 64.3 Å². The van der Waals surface area contributed by atoms with Gasteiger partial charge in [-0.3, -0.25) is 9.59 Å². The van der Waals surface area contributed by atoms with Gasteiger partial charge in [0.15, 0.2) is 0 Å². The first kappa shape index (κ1) is 24.9. The van der Waals surface area contributed by atoms with Crippen molar-refractivity contribution in [1.29, 1.82) is 0 Å². The van der Waals surface area contributed by atoms with Crippen LogP contribution in [0.4, 0.5) is 5.69 Å². The van der Waals surface area contributed by atoms with Crippen molar-refractivity contribution >= 4 is 52.3 Å². The molecule has 3 atom stereocenters. The molecule has 0 radical (unpaired) electrons. The first-order valence-corrected chi connectivity index (χ1v) is 12.0. The molecule has 0 bridgehead atoms. The van der Waals surface area contributed by atoms with Gasteiger partial charge in [-0.05, 0) is 74.6 Å². The molecule has 1 fully saturated rings. The van der Waals surface area contributed by atoms with Crippen LogP contribution in [-0.4, -0.2) is 22.7 Å². The molecule has 0 aromatic heterocycles. The first-order valence-electron chi connectivity index (χ1n) is 10.9. The van der Waals surface area contributed by atoms with E-state index in [9.17, 15) is 9.59 Å². The minimum absolute atomic E-state index is 0.0748. The Bertz CT molecular complexity index is 1020. The molecule has 4 nitrogen and oxygen atoms in total. The molecule has 0 spiro atoms. The molecule has 0 aliphatic heterocycles. The van der Waals surface area contributed by atoms with Crippen molar-refractivity contribution in [3.8, 4) is 0 Å². The van der Waals surface area contributed by atoms with Crippen LogP contribution >= 0.6 is 34.8 Å². The van der Waals surface area contributed by atoms with Gasteiger partial charge in [-0.1, -0.05) is 43.1 Å². The van der Waals surface area contributed by atoms with E-state index in [1.807, 2.05) is 46.8 Å². The maximum Gasteiger partial charge on any atom is 0.253 e. The van der Waals surface area contributed by atoms with Gasteiger partial charge < -0.3 is 10.6 Å². The SMILES string of the molecule is CCC(CC)NC(=O)c1cc(NC(=O)C2C(c3cc(C)c(C)c(Cl)c3)C2(C)Cl)ccc1Cl. The van der Waals surface area contributed by atoms with Gasteiger partial charge in [-0.25, -0.2) is 0 Å². The average molecular weight is 496 g/mol. The number of nitrogens with one attached hydrogen (secondary N) is 2. The van der Waals surface area contributed by atoms with E-state index >= 15 is 0 Å². The number of hydrogen-bond donors (Lipinski definition) is 2. The number of hydrogen-bond acceptors (Lipinski definition) is 2. The molecule has 3 rings (SSSR count). The Labute approximate surface area is 205 Å². The lowest BCUT2D eigenvalue weighted by Gasteiger charge is -2.16. The zero-order chi connectivity index (χ0) is 23.8. The minimum atomic E-state index is -0.711. The molecule has 2 aromatic carbocycles. The smallest absolute Gasteiger partial charge is 0.253 e. The summed E-state index contributed by atoms with van der Waals surface area (Å²) in [6, 6.07) is 8.92. The predicted molar refractivity (Wildman–Crippen MR) is 133 cm³/mol. The molecule has 172 valence electrons. The van der Waals surface area contributed by atoms with Crippen LogP contribution in [0.5, 0.6) is 0 Å². The van der Waals surface area contributed by atoms with Crippen LogP contribution in [0.25, 0.3) is 0 Å². The zero-order valence-electron chi connectivity index (χ0n) is 19.0. The van der Waals surface area contributed by atoms with Crippen molar-refractivity contribution in [2.24, 2.45) is 5.92 Å². The molecule has 2 N–H and O–H groups in total. The third-order valence-corrected chi connectivity index (χ3v) is 7.70. The van der Waals surface area contributed by atoms with Gasteiger partial charge in [-0.2, -0.15) is 0 Å². The summed E-state index contributed by atoms with van der Waals surface area (Å²) in [7, 11) is 0. The van der Waals surface area contributed by atoms with E-state index in [1.165, 1.54) is 0 Å². The van der Waals surface area contributed by atoms with Crippen molar-refractivity contribution in [3.63, 3.8) is 0 Å². The maximum absolute atomic E-state index is 13.1. The number of rotatable bonds is 7. The Morgan fingerprint density at radius 2 is 1.72 bits per heavy atom. The van der Waals surface area contributed by atoms with Gasteiger partial charge in [0.25, 0.3) is 5.91 Å². The van der Waals surface area contributed by atoms with Gasteiger partial charge in [0.1, 0.15) is 0 Å². The second-order valence-electron chi connectivity index (χ2n) is 8.72. The molecule has 2 aromatic rings. The highest BCUT2D eigenvalue weighted by Crippen LogP contribution is 2.62. The second kappa shape index (κ2) is 9.62. The van der Waals surface area contributed by atoms with Gasteiger partial charge in [-0.15, -0.1) is 11.6 Å². The Hall–Kier alpha value is -1.75. The highest BCUT2D eigenvalue weighted by molar-refractivity contribution is 6.34. The van der Waals surface area contributed by atoms with Crippen LogP contribution in [-0.2, 0) is 4.79 Å². The molecular weight excluding hydrogens is 467 g/mol. The van der Waals surface area contributed by atoms with Crippen LogP contribution in [0.3, 0.4) is 0 Å². The molecular formula is C25H29Cl3N2O2. The van der Waals surface area contributed by atoms with Crippen LogP contribution in [0, 0.1) is 19.8 Å². The average Bonchev–Trinajstić information content (AvgIpc) is 3.33. The number of alkyl halides is 1. The van der Waals surface area contributed by atoms with Gasteiger partial charge in [0, 0.05) is 22.7 Å². The third-order valence-electron chi connectivity index (χ3n) is 6.51. The summed E-state index contributed by atoms with van der Waals surface area (Å²) < 4.78 is 0. The number of halogens is 3. The van der Waals surface area contributed by atoms with Crippen LogP contribution in [0.2, 0.25) is 10.0 Å². The molecule has 32 heavy (non-hydrogen) atoms. The minimum Gasteiger partial charge on any atom is -0.349 e. The predicted octanol–water partition coefficient (Wildman–Crippen LogP) is 6.88. The van der Waals surface area contributed by atoms with Crippen molar-refractivity contribution < 1.29 is 9.59 Å². The highest BCUT2D eigenvalue weighted by atomic mass is 35.5. The van der Waals surface area contributed by atoms with Crippen LogP contribution < -0.4 is 10.6 Å². The molecule has 2 amide bonds. The van der Waals surface area contributed by atoms with Crippen molar-refractivity contribution in [3.05, 3.63) is 62.6 Å². The fraction of sp³-hybridized carbons (Fsp3) is 0.440. The van der Waals surface area contributed by atoms with E-state index in [-0.39, 0.29) is 23.8 Å². The van der Waals surface area contributed by atoms with Gasteiger partial charge in [0.2, 0.25) is 5.91 Å². The van der Waals surface area contributed by atoms with Crippen molar-refractivity contribution in [2.75, 3.05) is 5.32 Å². The van der Waals surface area contributed by atoms with Crippen LogP contribution in [0.15, 0.2) is 30.3 Å². The Morgan fingerprint density at radius 1 is 1.06 bits per heavy atom. The van der Waals surface area contributed by atoms with E-state index in [4.69, 9.17) is 34.8 Å². The van der Waals surface area contributed by atoms with Gasteiger partial charge in [0.05, 0.1) is 21.4 Å². The monoisotopic (exact) mass is 494 g/mol. The second-order valence-corrected chi connectivity index (χ2v) is 10.4. The fourth-order valence-corrected chi connectivity index (χ4v) is 5.08. The normalized spacial score (nSPS) is 22.0. The largest absolute Gasteiger partial charge is 0.349 e. The van der Waals surface area contributed by atoms with Gasteiger partial charge >= 0.3 is 0 Å². The van der Waals surface area contributed by atoms with E-state index in [0.717, 1.165) is 29.5 Å². The number of amides is 2. The number of carbonyl (C=O) groups is 2. The van der Waals surface area contributed by atoms with Crippen molar-refractivity contribution in [1.82, 2.24) is 5.32 Å². The summed E-state index contributed by atoms with van der Waals surface area (Å²) in [5.74, 6) is -1.02. The highest BCUT2D eigenvalue weighted by Gasteiger charge is 2.65. The maximum atomic E-state index is 13.1. The molecule has 7 heteroatoms. The van der Waals surface area contributed by atoms with E-state index in [0.29, 0.717) is 21.3 Å². The lowest BCUT2D eigenvalue weighted by atomic mass is 10.0. The molecule has 0 saturated heterocycles. The number of anilines is 1. The number of aryl methyl sites for hydroxylation is 1. The third kappa shape index (κ3) is 4.93. The summed E-state index contributed by atoms with van der Waals surface area (Å²) in [5, 5.41) is 6.89. The fourth-order valence-electron chi connectivity index (χ4n) is 4.18. The van der Waals surface area contributed by atoms with E-state index in [1.54, 1.807) is 18.2 Å². The Morgan fingerprint density at radius 3 is 2.31 bits per heavy atom. The van der Waals surface area contributed by atoms with E-state index < -0.39 is 10.8 Å². The standard InChI is InChI=1S/C25H29Cl3N2O2/c1-6-16(7-2)29-23(31)18-12-17(8-9-19(18)26)30-24(32)22-21(25(22,5)28)15-10-13(3)14(4)20(27)11-15/h8-12,16,21-22H,6-7H2,1-5H3,(H,29,31)(H,30,32). The summed E-state index contributed by atoms with van der Waals surface area (Å²) in [6.07, 6.45) is 1.66. The first-order chi connectivity index (χ1) is 15.0.